The molecule has 4 aromatic heterocycles. The lowest BCUT2D eigenvalue weighted by molar-refractivity contribution is 0.228. The summed E-state index contributed by atoms with van der Waals surface area (Å²) < 4.78 is 9.67. The number of anilines is 3. The minimum Gasteiger partial charge on any atom is -0.476 e. The summed E-state index contributed by atoms with van der Waals surface area (Å²) >= 11 is 0. The third kappa shape index (κ3) is 12.7. The van der Waals surface area contributed by atoms with Gasteiger partial charge in [-0.1, -0.05) is 6.42 Å². The molecule has 23 heteroatoms. The van der Waals surface area contributed by atoms with Crippen LogP contribution in [0.4, 0.5) is 17.1 Å². The van der Waals surface area contributed by atoms with Crippen LogP contribution in [0.3, 0.4) is 0 Å². The van der Waals surface area contributed by atoms with Crippen molar-refractivity contribution < 1.29 is 4.74 Å². The zero-order chi connectivity index (χ0) is 55.7. The highest BCUT2D eigenvalue weighted by Gasteiger charge is 2.17. The van der Waals surface area contributed by atoms with Gasteiger partial charge in [0, 0.05) is 76.0 Å². The summed E-state index contributed by atoms with van der Waals surface area (Å²) in [6.07, 6.45) is 9.66. The van der Waals surface area contributed by atoms with Crippen molar-refractivity contribution in [2.24, 2.45) is 33.2 Å². The van der Waals surface area contributed by atoms with Crippen LogP contribution in [0.5, 0.6) is 0 Å². The molecule has 7 N–H and O–H groups in total. The van der Waals surface area contributed by atoms with Crippen LogP contribution in [0, 0.1) is 0 Å². The molecule has 4 aliphatic rings. The number of aromatic amines is 4. The molecule has 4 aliphatic heterocycles. The molecule has 8 heterocycles. The van der Waals surface area contributed by atoms with Crippen molar-refractivity contribution in [3.63, 3.8) is 0 Å². The molecule has 0 atom stereocenters. The first-order valence-electron chi connectivity index (χ1n) is 26.9. The molecule has 2 fully saturated rings. The molecule has 416 valence electrons. The number of hydrogen-bond acceptors (Lipinski definition) is 15. The fourth-order valence-corrected chi connectivity index (χ4v) is 10.2. The number of aliphatic imine (C=N–C) groups is 1. The lowest BCUT2D eigenvalue weighted by atomic mass is 10.1. The Morgan fingerprint density at radius 1 is 0.519 bits per heavy atom. The number of benzene rings is 4. The maximum Gasteiger partial charge on any atom is 0.328 e. The summed E-state index contributed by atoms with van der Waals surface area (Å²) in [6, 6.07) is 19.8. The van der Waals surface area contributed by atoms with Crippen molar-refractivity contribution >= 4 is 66.6 Å². The Labute approximate surface area is 451 Å². The fraction of sp³-hybridized carbons (Fsp3) is 0.411. The number of ether oxygens (including phenoxy) is 1. The second kappa shape index (κ2) is 24.8. The third-order valence-electron chi connectivity index (χ3n) is 14.8. The molecule has 0 aliphatic carbocycles. The van der Waals surface area contributed by atoms with Gasteiger partial charge in [-0.3, -0.25) is 37.4 Å². The van der Waals surface area contributed by atoms with E-state index in [9.17, 15) is 38.4 Å². The van der Waals surface area contributed by atoms with Crippen LogP contribution in [-0.4, -0.2) is 126 Å². The van der Waals surface area contributed by atoms with Crippen LogP contribution >= 0.6 is 0 Å². The van der Waals surface area contributed by atoms with Crippen molar-refractivity contribution in [2.45, 2.75) is 51.4 Å². The Hall–Kier alpha value is -8.57. The van der Waals surface area contributed by atoms with E-state index in [0.717, 1.165) is 98.4 Å². The number of H-pyrrole nitrogens is 4. The number of aromatic nitrogens is 8. The van der Waals surface area contributed by atoms with Crippen molar-refractivity contribution in [1.29, 1.82) is 0 Å². The van der Waals surface area contributed by atoms with Crippen LogP contribution in [0.1, 0.15) is 56.1 Å². The highest BCUT2D eigenvalue weighted by Crippen LogP contribution is 2.27. The van der Waals surface area contributed by atoms with Crippen LogP contribution in [0.2, 0.25) is 0 Å². The standard InChI is InChI=1S/C17H24N4O2.C16H22N4O2.C12H11N3O3.C11H11N3O2/c1-20-16(22)14-7-6-13(12-15(14)19-17(20)23)18-8-5-11-21-9-3-2-4-10-21;1-19-15(21)13-6-5-12(11-14(13)18-16(19)22)17-7-4-10-20-8-2-3-9-20;1-15-11(16)8-3-2-7(10-13-4-5-18-10)6-9(8)14-12(15)17;1-14-10(15)7-2-3-8-6(4-5-12-8)9(7)13-11(14)16/h6-7,12,18H,2-5,8-11H2,1H3,(H,19,23);5-6,11,17H,2-4,7-10H2,1H3,(H,18,22);2-3,6H,4-5H2,1H3,(H,14,17);2-3,12H,4-5H2,1H3,(H,13,16). The zero-order valence-corrected chi connectivity index (χ0v) is 45.1. The molecule has 0 amide bonds. The highest BCUT2D eigenvalue weighted by molar-refractivity contribution is 5.98. The molecule has 2 saturated heterocycles. The van der Waals surface area contributed by atoms with Gasteiger partial charge in [-0.25, -0.2) is 24.2 Å². The molecule has 0 bridgehead atoms. The Bertz CT molecular complexity index is 4080. The van der Waals surface area contributed by atoms with Gasteiger partial charge in [-0.15, -0.1) is 0 Å². The molecule has 0 unspecified atom stereocenters. The smallest absolute Gasteiger partial charge is 0.328 e. The summed E-state index contributed by atoms with van der Waals surface area (Å²) in [5, 5.41) is 12.1. The summed E-state index contributed by atoms with van der Waals surface area (Å²) in [6.45, 7) is 11.0. The van der Waals surface area contributed by atoms with Gasteiger partial charge in [-0.05, 0) is 151 Å². The molecule has 12 rings (SSSR count). The van der Waals surface area contributed by atoms with Crippen LogP contribution < -0.4 is 60.9 Å². The maximum atomic E-state index is 12.0. The molecule has 4 aromatic carbocycles. The van der Waals surface area contributed by atoms with Gasteiger partial charge in [0.05, 0.1) is 50.2 Å². The van der Waals surface area contributed by atoms with Gasteiger partial charge >= 0.3 is 22.8 Å². The monoisotopic (exact) mass is 1080 g/mol. The second-order valence-electron chi connectivity index (χ2n) is 20.2. The van der Waals surface area contributed by atoms with Crippen LogP contribution in [0.15, 0.2) is 110 Å². The number of fused-ring (bicyclic) bond motifs is 6. The second-order valence-corrected chi connectivity index (χ2v) is 20.2. The topological polar surface area (TPSA) is 284 Å². The van der Waals surface area contributed by atoms with Crippen molar-refractivity contribution in [3.05, 3.63) is 161 Å². The largest absolute Gasteiger partial charge is 0.476 e. The summed E-state index contributed by atoms with van der Waals surface area (Å²) in [5.41, 5.74) is 4.37. The third-order valence-corrected chi connectivity index (χ3v) is 14.8. The first kappa shape index (κ1) is 55.2. The summed E-state index contributed by atoms with van der Waals surface area (Å²) in [5.74, 6) is 0.554. The summed E-state index contributed by atoms with van der Waals surface area (Å²) in [4.78, 5) is 114. The predicted octanol–water partition coefficient (Wildman–Crippen LogP) is 2.84. The van der Waals surface area contributed by atoms with Crippen molar-refractivity contribution in [3.8, 4) is 0 Å². The Morgan fingerprint density at radius 2 is 0.962 bits per heavy atom. The van der Waals surface area contributed by atoms with E-state index in [2.05, 4.69) is 50.7 Å². The number of nitrogens with zero attached hydrogens (tertiary/aromatic N) is 7. The Morgan fingerprint density at radius 3 is 1.46 bits per heavy atom. The van der Waals surface area contributed by atoms with Gasteiger partial charge in [0.2, 0.25) is 5.90 Å². The number of nitrogens with one attached hydrogen (secondary N) is 7. The molecular formula is C56H68N14O9. The molecule has 0 saturated carbocycles. The van der Waals surface area contributed by atoms with E-state index in [1.54, 1.807) is 36.4 Å². The fourth-order valence-electron chi connectivity index (χ4n) is 10.2. The van der Waals surface area contributed by atoms with Crippen molar-refractivity contribution in [1.82, 2.24) is 48.0 Å². The highest BCUT2D eigenvalue weighted by atomic mass is 16.5. The van der Waals surface area contributed by atoms with Gasteiger partial charge in [-0.2, -0.15) is 0 Å². The van der Waals surface area contributed by atoms with Crippen molar-refractivity contribution in [2.75, 3.05) is 88.0 Å². The normalized spacial score (nSPS) is 15.1. The molecule has 79 heavy (non-hydrogen) atoms. The minimum absolute atomic E-state index is 0.242. The molecular weight excluding hydrogens is 1010 g/mol. The number of piperidine rings is 1. The van der Waals surface area contributed by atoms with E-state index in [4.69, 9.17) is 4.74 Å². The minimum atomic E-state index is -0.432. The average Bonchev–Trinajstić information content (AvgIpc) is 4.41. The first-order chi connectivity index (χ1) is 38.1. The van der Waals surface area contributed by atoms with Crippen LogP contribution in [0.25, 0.3) is 43.6 Å². The lowest BCUT2D eigenvalue weighted by Crippen LogP contribution is -2.32. The number of rotatable bonds is 11. The van der Waals surface area contributed by atoms with E-state index in [1.807, 2.05) is 30.3 Å². The SMILES string of the molecule is Cn1c(=O)[nH]c2c3c(ccc2c1=O)NCC3.Cn1c(=O)[nH]c2cc(C3=NCCO3)ccc2c1=O.Cn1c(=O)[nH]c2cc(NCCCN3CCCC3)ccc2c1=O.Cn1c(=O)[nH]c2cc(NCCCN3CCCCC3)ccc2c1=O. The number of hydrogen-bond donors (Lipinski definition) is 7. The van der Waals surface area contributed by atoms with E-state index >= 15 is 0 Å². The number of likely N-dealkylation sites (tertiary alicyclic amines) is 2. The van der Waals surface area contributed by atoms with E-state index in [1.165, 1.54) is 86.5 Å². The molecule has 8 aromatic rings. The van der Waals surface area contributed by atoms with Gasteiger partial charge in [0.15, 0.2) is 0 Å². The lowest BCUT2D eigenvalue weighted by Gasteiger charge is -2.26. The Kier molecular flexibility index (Phi) is 17.3. The van der Waals surface area contributed by atoms with Gasteiger partial charge in [0.1, 0.15) is 6.61 Å². The first-order valence-corrected chi connectivity index (χ1v) is 26.9. The van der Waals surface area contributed by atoms with E-state index < -0.39 is 5.69 Å². The zero-order valence-electron chi connectivity index (χ0n) is 45.1. The molecule has 0 radical (unpaired) electrons. The molecule has 23 nitrogen and oxygen atoms in total. The maximum absolute atomic E-state index is 12.0. The average molecular weight is 1080 g/mol. The van der Waals surface area contributed by atoms with E-state index in [0.29, 0.717) is 62.7 Å². The Balaban J connectivity index is 0.000000129. The van der Waals surface area contributed by atoms with Crippen LogP contribution in [-0.2, 0) is 39.3 Å². The predicted molar refractivity (Wildman–Crippen MR) is 311 cm³/mol. The quantitative estimate of drug-likeness (QED) is 0.0918. The summed E-state index contributed by atoms with van der Waals surface area (Å²) in [7, 11) is 5.88. The molecule has 0 spiro atoms. The van der Waals surface area contributed by atoms with Gasteiger partial charge < -0.3 is 50.4 Å². The van der Waals surface area contributed by atoms with E-state index in [-0.39, 0.29) is 39.3 Å². The van der Waals surface area contributed by atoms with Gasteiger partial charge in [0.25, 0.3) is 22.2 Å².